The van der Waals surface area contributed by atoms with Crippen molar-refractivity contribution in [2.24, 2.45) is 11.7 Å². The van der Waals surface area contributed by atoms with Crippen LogP contribution in [0.25, 0.3) is 0 Å². The minimum atomic E-state index is 0.551. The Kier molecular flexibility index (Phi) is 5.70. The lowest BCUT2D eigenvalue weighted by atomic mass is 9.98. The summed E-state index contributed by atoms with van der Waals surface area (Å²) in [6, 6.07) is 9.87. The third-order valence-corrected chi connectivity index (χ3v) is 5.65. The lowest BCUT2D eigenvalue weighted by Gasteiger charge is -2.32. The number of nitrogens with zero attached hydrogens (tertiary/aromatic N) is 3. The number of benzene rings is 1. The Hall–Kier alpha value is -0.940. The molecule has 1 aromatic rings. The second-order valence-corrected chi connectivity index (χ2v) is 7.43. The fourth-order valence-corrected chi connectivity index (χ4v) is 3.93. The fourth-order valence-electron chi connectivity index (χ4n) is 3.93. The Labute approximate surface area is 141 Å². The Morgan fingerprint density at radius 2 is 1.74 bits per heavy atom. The summed E-state index contributed by atoms with van der Waals surface area (Å²) in [5.41, 5.74) is 8.76. The van der Waals surface area contributed by atoms with Crippen LogP contribution in [0, 0.1) is 5.92 Å². The van der Waals surface area contributed by atoms with Crippen molar-refractivity contribution in [2.45, 2.75) is 18.9 Å². The number of likely N-dealkylation sites (N-methyl/N-ethyl adjacent to an activating group) is 1. The smallest absolute Gasteiger partial charge is 0.0348 e. The van der Waals surface area contributed by atoms with Crippen LogP contribution >= 0.6 is 0 Å². The molecule has 1 aromatic carbocycles. The predicted molar refractivity (Wildman–Crippen MR) is 96.6 cm³/mol. The fraction of sp³-hybridized carbons (Fsp3) is 0.684. The van der Waals surface area contributed by atoms with E-state index in [9.17, 15) is 0 Å². The first kappa shape index (κ1) is 16.9. The van der Waals surface area contributed by atoms with E-state index in [-0.39, 0.29) is 0 Å². The number of likely N-dealkylation sites (tertiary alicyclic amines) is 1. The van der Waals surface area contributed by atoms with Crippen LogP contribution in [0.3, 0.4) is 0 Å². The van der Waals surface area contributed by atoms with E-state index in [0.717, 1.165) is 19.5 Å². The number of hydrogen-bond acceptors (Lipinski definition) is 4. The van der Waals surface area contributed by atoms with Crippen LogP contribution in [-0.2, 0) is 6.42 Å². The van der Waals surface area contributed by atoms with Gasteiger partial charge in [0.05, 0.1) is 0 Å². The van der Waals surface area contributed by atoms with Crippen molar-refractivity contribution in [2.75, 3.05) is 59.9 Å². The summed E-state index contributed by atoms with van der Waals surface area (Å²) in [5.74, 6) is 0.655. The summed E-state index contributed by atoms with van der Waals surface area (Å²) in [6.07, 6.45) is 2.36. The van der Waals surface area contributed by atoms with Gasteiger partial charge in [-0.15, -0.1) is 0 Å². The molecule has 0 aliphatic carbocycles. The quantitative estimate of drug-likeness (QED) is 0.891. The van der Waals surface area contributed by atoms with E-state index < -0.39 is 0 Å². The Balaban J connectivity index is 1.51. The third kappa shape index (κ3) is 4.32. The molecular formula is C19H32N4. The number of hydrogen-bond donors (Lipinski definition) is 1. The molecule has 128 valence electrons. The number of nitrogens with two attached hydrogens (primary N) is 1. The maximum absolute atomic E-state index is 5.85. The van der Waals surface area contributed by atoms with Crippen LogP contribution in [0.15, 0.2) is 24.3 Å². The number of piperazine rings is 1. The molecule has 2 N–H and O–H groups in total. The molecule has 2 atom stereocenters. The maximum Gasteiger partial charge on any atom is 0.0348 e. The zero-order valence-electron chi connectivity index (χ0n) is 14.7. The maximum atomic E-state index is 5.85. The van der Waals surface area contributed by atoms with E-state index in [1.165, 1.54) is 50.3 Å². The highest BCUT2D eigenvalue weighted by Crippen LogP contribution is 2.33. The van der Waals surface area contributed by atoms with Gasteiger partial charge in [0.2, 0.25) is 0 Å². The van der Waals surface area contributed by atoms with Gasteiger partial charge < -0.3 is 15.5 Å². The summed E-state index contributed by atoms with van der Waals surface area (Å²) in [7, 11) is 4.44. The normalized spacial score (nSPS) is 27.6. The van der Waals surface area contributed by atoms with Gasteiger partial charge >= 0.3 is 0 Å². The summed E-state index contributed by atoms with van der Waals surface area (Å²) in [4.78, 5) is 7.46. The molecule has 0 aromatic heterocycles. The zero-order valence-corrected chi connectivity index (χ0v) is 14.7. The molecule has 4 nitrogen and oxygen atoms in total. The summed E-state index contributed by atoms with van der Waals surface area (Å²) < 4.78 is 0. The van der Waals surface area contributed by atoms with Crippen molar-refractivity contribution in [3.05, 3.63) is 35.4 Å². The highest BCUT2D eigenvalue weighted by atomic mass is 15.2. The molecule has 0 bridgehead atoms. The molecule has 0 radical (unpaired) electrons. The van der Waals surface area contributed by atoms with Gasteiger partial charge in [0.15, 0.2) is 0 Å². The minimum absolute atomic E-state index is 0.551. The molecule has 2 aliphatic heterocycles. The van der Waals surface area contributed by atoms with E-state index >= 15 is 0 Å². The Morgan fingerprint density at radius 3 is 2.35 bits per heavy atom. The van der Waals surface area contributed by atoms with Gasteiger partial charge in [0.1, 0.15) is 0 Å². The van der Waals surface area contributed by atoms with Gasteiger partial charge in [-0.25, -0.2) is 0 Å². The SMILES string of the molecule is CN1CCN(CCc2ccc(C3CC(CN)CN3C)cc2)CC1. The van der Waals surface area contributed by atoms with Crippen LogP contribution in [0.4, 0.5) is 0 Å². The summed E-state index contributed by atoms with van der Waals surface area (Å²) >= 11 is 0. The van der Waals surface area contributed by atoms with Crippen LogP contribution in [0.1, 0.15) is 23.6 Å². The molecule has 0 saturated carbocycles. The van der Waals surface area contributed by atoms with Gasteiger partial charge in [-0.05, 0) is 50.5 Å². The van der Waals surface area contributed by atoms with E-state index in [4.69, 9.17) is 5.73 Å². The molecule has 3 rings (SSSR count). The monoisotopic (exact) mass is 316 g/mol. The third-order valence-electron chi connectivity index (χ3n) is 5.65. The predicted octanol–water partition coefficient (Wildman–Crippen LogP) is 1.43. The minimum Gasteiger partial charge on any atom is -0.330 e. The Bertz CT molecular complexity index is 479. The molecule has 2 heterocycles. The average molecular weight is 316 g/mol. The van der Waals surface area contributed by atoms with Crippen molar-refractivity contribution in [1.82, 2.24) is 14.7 Å². The van der Waals surface area contributed by atoms with Crippen molar-refractivity contribution < 1.29 is 0 Å². The molecule has 2 unspecified atom stereocenters. The lowest BCUT2D eigenvalue weighted by Crippen LogP contribution is -2.45. The zero-order chi connectivity index (χ0) is 16.2. The first-order valence-corrected chi connectivity index (χ1v) is 9.05. The summed E-state index contributed by atoms with van der Waals surface area (Å²) in [5, 5.41) is 0. The van der Waals surface area contributed by atoms with Crippen molar-refractivity contribution in [1.29, 1.82) is 0 Å². The number of rotatable bonds is 5. The van der Waals surface area contributed by atoms with Crippen molar-refractivity contribution >= 4 is 0 Å². The van der Waals surface area contributed by atoms with Gasteiger partial charge in [-0.1, -0.05) is 24.3 Å². The highest BCUT2D eigenvalue weighted by Gasteiger charge is 2.29. The second-order valence-electron chi connectivity index (χ2n) is 7.43. The highest BCUT2D eigenvalue weighted by molar-refractivity contribution is 5.26. The van der Waals surface area contributed by atoms with E-state index in [0.29, 0.717) is 12.0 Å². The molecule has 2 fully saturated rings. The van der Waals surface area contributed by atoms with Crippen LogP contribution in [-0.4, -0.2) is 74.6 Å². The topological polar surface area (TPSA) is 35.7 Å². The van der Waals surface area contributed by atoms with E-state index in [1.54, 1.807) is 0 Å². The molecule has 0 spiro atoms. The molecule has 2 saturated heterocycles. The van der Waals surface area contributed by atoms with Gasteiger partial charge in [0, 0.05) is 45.3 Å². The van der Waals surface area contributed by atoms with Crippen molar-refractivity contribution in [3.8, 4) is 0 Å². The Morgan fingerprint density at radius 1 is 1.04 bits per heavy atom. The van der Waals surface area contributed by atoms with Crippen LogP contribution < -0.4 is 5.73 Å². The molecule has 23 heavy (non-hydrogen) atoms. The second kappa shape index (κ2) is 7.75. The standard InChI is InChI=1S/C19H32N4/c1-21-9-11-23(12-10-21)8-7-16-3-5-18(6-4-16)19-13-17(14-20)15-22(19)2/h3-6,17,19H,7-15,20H2,1-2H3. The first-order chi connectivity index (χ1) is 11.2. The van der Waals surface area contributed by atoms with E-state index in [2.05, 4.69) is 53.1 Å². The molecule has 0 amide bonds. The average Bonchev–Trinajstić information content (AvgIpc) is 2.96. The molecule has 4 heteroatoms. The van der Waals surface area contributed by atoms with Gasteiger partial charge in [0.25, 0.3) is 0 Å². The van der Waals surface area contributed by atoms with Gasteiger partial charge in [-0.2, -0.15) is 0 Å². The first-order valence-electron chi connectivity index (χ1n) is 9.05. The van der Waals surface area contributed by atoms with Gasteiger partial charge in [-0.3, -0.25) is 4.90 Å². The summed E-state index contributed by atoms with van der Waals surface area (Å²) in [6.45, 7) is 7.95. The molecular weight excluding hydrogens is 284 g/mol. The molecule has 2 aliphatic rings. The van der Waals surface area contributed by atoms with E-state index in [1.807, 2.05) is 0 Å². The lowest BCUT2D eigenvalue weighted by molar-refractivity contribution is 0.155. The van der Waals surface area contributed by atoms with Crippen LogP contribution in [0.5, 0.6) is 0 Å². The van der Waals surface area contributed by atoms with Crippen LogP contribution in [0.2, 0.25) is 0 Å². The largest absolute Gasteiger partial charge is 0.330 e. The van der Waals surface area contributed by atoms with Crippen molar-refractivity contribution in [3.63, 3.8) is 0 Å².